The number of carboxylic acids is 1. The molecule has 0 radical (unpaired) electrons. The van der Waals surface area contributed by atoms with E-state index in [4.69, 9.17) is 16.7 Å². The maximum absolute atomic E-state index is 12.1. The van der Waals surface area contributed by atoms with E-state index in [1.54, 1.807) is 6.07 Å². The van der Waals surface area contributed by atoms with Gasteiger partial charge in [0.05, 0.1) is 11.1 Å². The molecule has 1 saturated heterocycles. The predicted molar refractivity (Wildman–Crippen MR) is 80.6 cm³/mol. The van der Waals surface area contributed by atoms with Crippen LogP contribution in [-0.2, 0) is 9.59 Å². The molecule has 7 heteroatoms. The molecule has 1 aromatic carbocycles. The molecule has 1 aromatic rings. The average Bonchev–Trinajstić information content (AvgIpc) is 2.83. The molecule has 2 rings (SSSR count). The zero-order valence-electron chi connectivity index (χ0n) is 11.2. The molecule has 1 aliphatic heterocycles. The number of amides is 1. The summed E-state index contributed by atoms with van der Waals surface area (Å²) in [7, 11) is 0. The number of aliphatic hydroxyl groups excluding tert-OH is 1. The first-order valence-corrected chi connectivity index (χ1v) is 7.93. The molecular formula is C14H16ClNO4S. The van der Waals surface area contributed by atoms with Crippen molar-refractivity contribution in [2.75, 3.05) is 12.3 Å². The standard InChI is InChI=1S/C14H16ClNO4S/c15-10-3-1-2-4-12(10)21-6-5-13(18)16-8-9(17)7-11(16)14(19)20/h1-4,9,11,17H,5-8H2,(H,19,20)/t9-,11+/m1/s1. The Kier molecular flexibility index (Phi) is 5.50. The zero-order valence-corrected chi connectivity index (χ0v) is 12.8. The quantitative estimate of drug-likeness (QED) is 0.806. The molecular weight excluding hydrogens is 314 g/mol. The van der Waals surface area contributed by atoms with E-state index in [1.807, 2.05) is 18.2 Å². The van der Waals surface area contributed by atoms with Crippen LogP contribution in [0.4, 0.5) is 0 Å². The maximum atomic E-state index is 12.1. The SMILES string of the molecule is O=C(O)[C@@H]1C[C@@H](O)CN1C(=O)CCSc1ccccc1Cl. The van der Waals surface area contributed by atoms with Crippen molar-refractivity contribution < 1.29 is 19.8 Å². The molecule has 0 saturated carbocycles. The van der Waals surface area contributed by atoms with Gasteiger partial charge < -0.3 is 15.1 Å². The van der Waals surface area contributed by atoms with Gasteiger partial charge in [-0.25, -0.2) is 4.79 Å². The molecule has 114 valence electrons. The topological polar surface area (TPSA) is 77.8 Å². The van der Waals surface area contributed by atoms with Crippen molar-refractivity contribution in [3.05, 3.63) is 29.3 Å². The van der Waals surface area contributed by atoms with Crippen molar-refractivity contribution in [3.8, 4) is 0 Å². The highest BCUT2D eigenvalue weighted by Gasteiger charge is 2.38. The Balaban J connectivity index is 1.87. The van der Waals surface area contributed by atoms with Crippen LogP contribution in [-0.4, -0.2) is 51.4 Å². The number of β-amino-alcohol motifs (C(OH)–C–C–N with tert-alkyl or cyclic N) is 1. The van der Waals surface area contributed by atoms with Crippen LogP contribution in [0.1, 0.15) is 12.8 Å². The molecule has 1 heterocycles. The van der Waals surface area contributed by atoms with Gasteiger partial charge in [-0.15, -0.1) is 11.8 Å². The Labute approximate surface area is 131 Å². The Morgan fingerprint density at radius 3 is 2.76 bits per heavy atom. The predicted octanol–water partition coefficient (Wildman–Crippen LogP) is 1.87. The summed E-state index contributed by atoms with van der Waals surface area (Å²) in [5, 5.41) is 19.2. The largest absolute Gasteiger partial charge is 0.480 e. The number of rotatable bonds is 5. The first-order valence-electron chi connectivity index (χ1n) is 6.56. The summed E-state index contributed by atoms with van der Waals surface area (Å²) in [4.78, 5) is 25.3. The minimum atomic E-state index is -1.07. The second kappa shape index (κ2) is 7.15. The van der Waals surface area contributed by atoms with Gasteiger partial charge in [-0.05, 0) is 12.1 Å². The first-order chi connectivity index (χ1) is 9.99. The fraction of sp³-hybridized carbons (Fsp3) is 0.429. The third-order valence-corrected chi connectivity index (χ3v) is 4.81. The summed E-state index contributed by atoms with van der Waals surface area (Å²) >= 11 is 7.48. The number of carbonyl (C=O) groups is 2. The van der Waals surface area contributed by atoms with Crippen molar-refractivity contribution in [2.24, 2.45) is 0 Å². The number of hydrogen-bond acceptors (Lipinski definition) is 4. The Hall–Kier alpha value is -1.24. The van der Waals surface area contributed by atoms with Gasteiger partial charge in [0, 0.05) is 30.0 Å². The lowest BCUT2D eigenvalue weighted by Crippen LogP contribution is -2.40. The normalized spacial score (nSPS) is 21.5. The Morgan fingerprint density at radius 1 is 1.38 bits per heavy atom. The van der Waals surface area contributed by atoms with Crippen LogP contribution in [0.15, 0.2) is 29.2 Å². The molecule has 1 aliphatic rings. The summed E-state index contributed by atoms with van der Waals surface area (Å²) in [6.07, 6.45) is -0.447. The van der Waals surface area contributed by atoms with Crippen LogP contribution in [0, 0.1) is 0 Å². The summed E-state index contributed by atoms with van der Waals surface area (Å²) in [5.41, 5.74) is 0. The third kappa shape index (κ3) is 4.12. The molecule has 2 N–H and O–H groups in total. The molecule has 1 amide bonds. The number of thioether (sulfide) groups is 1. The van der Waals surface area contributed by atoms with Gasteiger partial charge in [-0.2, -0.15) is 0 Å². The number of halogens is 1. The lowest BCUT2D eigenvalue weighted by Gasteiger charge is -2.21. The number of carbonyl (C=O) groups excluding carboxylic acids is 1. The van der Waals surface area contributed by atoms with E-state index in [0.717, 1.165) is 4.90 Å². The van der Waals surface area contributed by atoms with Gasteiger partial charge in [0.2, 0.25) is 5.91 Å². The minimum absolute atomic E-state index is 0.0898. The second-order valence-corrected chi connectivity index (χ2v) is 6.36. The summed E-state index contributed by atoms with van der Waals surface area (Å²) in [6, 6.07) is 6.44. The summed E-state index contributed by atoms with van der Waals surface area (Å²) < 4.78 is 0. The number of aliphatic hydroxyl groups is 1. The van der Waals surface area contributed by atoms with Gasteiger partial charge in [0.25, 0.3) is 0 Å². The number of carboxylic acid groups (broad SMARTS) is 1. The van der Waals surface area contributed by atoms with Gasteiger partial charge in [-0.3, -0.25) is 4.79 Å². The zero-order chi connectivity index (χ0) is 15.4. The molecule has 0 aromatic heterocycles. The lowest BCUT2D eigenvalue weighted by atomic mass is 10.2. The van der Waals surface area contributed by atoms with E-state index >= 15 is 0 Å². The van der Waals surface area contributed by atoms with Crippen LogP contribution in [0.3, 0.4) is 0 Å². The first kappa shape index (κ1) is 16.1. The van der Waals surface area contributed by atoms with Crippen LogP contribution < -0.4 is 0 Å². The van der Waals surface area contributed by atoms with Gasteiger partial charge in [0.15, 0.2) is 0 Å². The van der Waals surface area contributed by atoms with E-state index in [2.05, 4.69) is 0 Å². The van der Waals surface area contributed by atoms with Gasteiger partial charge in [-0.1, -0.05) is 23.7 Å². The molecule has 2 atom stereocenters. The summed E-state index contributed by atoms with van der Waals surface area (Å²) in [5.74, 6) is -0.807. The van der Waals surface area contributed by atoms with E-state index in [-0.39, 0.29) is 25.3 Å². The van der Waals surface area contributed by atoms with Gasteiger partial charge in [0.1, 0.15) is 6.04 Å². The summed E-state index contributed by atoms with van der Waals surface area (Å²) in [6.45, 7) is 0.0898. The van der Waals surface area contributed by atoms with E-state index in [1.165, 1.54) is 16.7 Å². The minimum Gasteiger partial charge on any atom is -0.480 e. The third-order valence-electron chi connectivity index (χ3n) is 3.29. The molecule has 0 spiro atoms. The monoisotopic (exact) mass is 329 g/mol. The van der Waals surface area contributed by atoms with E-state index < -0.39 is 18.1 Å². The van der Waals surface area contributed by atoms with E-state index in [0.29, 0.717) is 10.8 Å². The molecule has 5 nitrogen and oxygen atoms in total. The Morgan fingerprint density at radius 2 is 2.10 bits per heavy atom. The fourth-order valence-corrected chi connectivity index (χ4v) is 3.45. The Bertz CT molecular complexity index is 539. The number of aliphatic carboxylic acids is 1. The van der Waals surface area contributed by atoms with E-state index in [9.17, 15) is 14.7 Å². The van der Waals surface area contributed by atoms with Crippen LogP contribution in [0.2, 0.25) is 5.02 Å². The van der Waals surface area contributed by atoms with Crippen LogP contribution in [0.25, 0.3) is 0 Å². The highest BCUT2D eigenvalue weighted by Crippen LogP contribution is 2.27. The van der Waals surface area contributed by atoms with Crippen molar-refractivity contribution in [1.82, 2.24) is 4.90 Å². The number of benzene rings is 1. The smallest absolute Gasteiger partial charge is 0.326 e. The highest BCUT2D eigenvalue weighted by molar-refractivity contribution is 7.99. The van der Waals surface area contributed by atoms with Crippen molar-refractivity contribution in [1.29, 1.82) is 0 Å². The molecule has 0 aliphatic carbocycles. The molecule has 1 fully saturated rings. The van der Waals surface area contributed by atoms with Crippen LogP contribution in [0.5, 0.6) is 0 Å². The second-order valence-electron chi connectivity index (χ2n) is 4.82. The van der Waals surface area contributed by atoms with Crippen molar-refractivity contribution >= 4 is 35.2 Å². The van der Waals surface area contributed by atoms with Gasteiger partial charge >= 0.3 is 5.97 Å². The number of likely N-dealkylation sites (tertiary alicyclic amines) is 1. The highest BCUT2D eigenvalue weighted by atomic mass is 35.5. The molecule has 0 bridgehead atoms. The molecule has 0 unspecified atom stereocenters. The number of nitrogens with zero attached hydrogens (tertiary/aromatic N) is 1. The van der Waals surface area contributed by atoms with Crippen molar-refractivity contribution in [2.45, 2.75) is 29.9 Å². The lowest BCUT2D eigenvalue weighted by molar-refractivity contribution is -0.148. The van der Waals surface area contributed by atoms with Crippen LogP contribution >= 0.6 is 23.4 Å². The maximum Gasteiger partial charge on any atom is 0.326 e. The fourth-order valence-electron chi connectivity index (χ4n) is 2.28. The average molecular weight is 330 g/mol. The number of hydrogen-bond donors (Lipinski definition) is 2. The van der Waals surface area contributed by atoms with Crippen molar-refractivity contribution in [3.63, 3.8) is 0 Å². The molecule has 21 heavy (non-hydrogen) atoms.